The van der Waals surface area contributed by atoms with E-state index in [1.165, 1.54) is 0 Å². The molecule has 1 aromatic carbocycles. The molecule has 0 unspecified atom stereocenters. The fraction of sp³-hybridized carbons (Fsp3) is 0.632. The molecule has 6 heteroatoms. The monoisotopic (exact) mass is 366 g/mol. The first-order valence-electron chi connectivity index (χ1n) is 8.74. The molecular weight excluding hydrogens is 336 g/mol. The number of hydrogen-bond acceptors (Lipinski definition) is 5. The van der Waals surface area contributed by atoms with E-state index in [-0.39, 0.29) is 17.1 Å². The number of carbonyl (C=O) groups is 1. The van der Waals surface area contributed by atoms with E-state index in [9.17, 15) is 4.79 Å². The van der Waals surface area contributed by atoms with E-state index in [0.717, 1.165) is 0 Å². The first-order valence-corrected chi connectivity index (χ1v) is 11.6. The third kappa shape index (κ3) is 4.91. The largest absolute Gasteiger partial charge is 0.456 e. The molecule has 0 aliphatic carbocycles. The summed E-state index contributed by atoms with van der Waals surface area (Å²) >= 11 is 0. The van der Waals surface area contributed by atoms with Crippen LogP contribution >= 0.6 is 0 Å². The van der Waals surface area contributed by atoms with Crippen molar-refractivity contribution in [2.45, 2.75) is 63.8 Å². The summed E-state index contributed by atoms with van der Waals surface area (Å²) < 4.78 is 23.4. The van der Waals surface area contributed by atoms with Crippen molar-refractivity contribution in [3.05, 3.63) is 35.9 Å². The molecule has 25 heavy (non-hydrogen) atoms. The van der Waals surface area contributed by atoms with E-state index in [2.05, 4.69) is 33.9 Å². The molecule has 1 aliphatic heterocycles. The van der Waals surface area contributed by atoms with Crippen molar-refractivity contribution in [2.24, 2.45) is 0 Å². The fourth-order valence-corrected chi connectivity index (χ4v) is 3.79. The topological polar surface area (TPSA) is 54.0 Å². The minimum atomic E-state index is -2.07. The van der Waals surface area contributed by atoms with Crippen LogP contribution in [0.2, 0.25) is 18.1 Å². The second-order valence-corrected chi connectivity index (χ2v) is 12.7. The standard InChI is InChI=1S/C19H30O5Si/c1-19(2,3)25(5,6)24-16-15(12-13-22-18(16)21-4)23-17(20)14-10-8-7-9-11-14/h7-11,15-16,18H,12-13H2,1-6H3/t15-,16+,18-/m1/s1. The van der Waals surface area contributed by atoms with Crippen LogP contribution in [0.25, 0.3) is 0 Å². The summed E-state index contributed by atoms with van der Waals surface area (Å²) in [5.74, 6) is -0.341. The van der Waals surface area contributed by atoms with Gasteiger partial charge in [-0.05, 0) is 30.3 Å². The Bertz CT molecular complexity index is 567. The van der Waals surface area contributed by atoms with Gasteiger partial charge in [0.05, 0.1) is 12.2 Å². The Balaban J connectivity index is 2.17. The van der Waals surface area contributed by atoms with Crippen molar-refractivity contribution in [1.29, 1.82) is 0 Å². The highest BCUT2D eigenvalue weighted by Crippen LogP contribution is 2.39. The maximum atomic E-state index is 12.5. The number of hydrogen-bond donors (Lipinski definition) is 0. The molecule has 0 radical (unpaired) electrons. The molecule has 140 valence electrons. The molecule has 5 nitrogen and oxygen atoms in total. The molecule has 0 N–H and O–H groups in total. The zero-order chi connectivity index (χ0) is 18.7. The Morgan fingerprint density at radius 2 is 1.84 bits per heavy atom. The molecule has 1 aliphatic rings. The summed E-state index contributed by atoms with van der Waals surface area (Å²) in [5.41, 5.74) is 0.536. The van der Waals surface area contributed by atoms with Gasteiger partial charge in [0.1, 0.15) is 12.2 Å². The summed E-state index contributed by atoms with van der Waals surface area (Å²) in [4.78, 5) is 12.5. The van der Waals surface area contributed by atoms with Crippen molar-refractivity contribution < 1.29 is 23.4 Å². The van der Waals surface area contributed by atoms with E-state index in [4.69, 9.17) is 18.6 Å². The lowest BCUT2D eigenvalue weighted by Gasteiger charge is -2.44. The highest BCUT2D eigenvalue weighted by molar-refractivity contribution is 6.74. The smallest absolute Gasteiger partial charge is 0.338 e. The van der Waals surface area contributed by atoms with Crippen LogP contribution in [0, 0.1) is 0 Å². The van der Waals surface area contributed by atoms with Gasteiger partial charge in [0.15, 0.2) is 14.6 Å². The average molecular weight is 367 g/mol. The summed E-state index contributed by atoms with van der Waals surface area (Å²) in [7, 11) is -0.482. The molecule has 0 bridgehead atoms. The summed E-state index contributed by atoms with van der Waals surface area (Å²) in [5, 5.41) is 0.0384. The van der Waals surface area contributed by atoms with Crippen LogP contribution in [0.3, 0.4) is 0 Å². The van der Waals surface area contributed by atoms with E-state index >= 15 is 0 Å². The highest BCUT2D eigenvalue weighted by atomic mass is 28.4. The van der Waals surface area contributed by atoms with Crippen molar-refractivity contribution >= 4 is 14.3 Å². The van der Waals surface area contributed by atoms with Gasteiger partial charge in [0, 0.05) is 13.5 Å². The van der Waals surface area contributed by atoms with E-state index in [1.54, 1.807) is 19.2 Å². The lowest BCUT2D eigenvalue weighted by atomic mass is 10.1. The molecular formula is C19H30O5Si. The van der Waals surface area contributed by atoms with Gasteiger partial charge >= 0.3 is 5.97 Å². The Kier molecular flexibility index (Phi) is 6.43. The predicted molar refractivity (Wildman–Crippen MR) is 99.1 cm³/mol. The van der Waals surface area contributed by atoms with Crippen molar-refractivity contribution in [3.8, 4) is 0 Å². The van der Waals surface area contributed by atoms with E-state index in [0.29, 0.717) is 18.6 Å². The van der Waals surface area contributed by atoms with Crippen LogP contribution < -0.4 is 0 Å². The molecule has 0 saturated carbocycles. The first-order chi connectivity index (χ1) is 11.7. The van der Waals surface area contributed by atoms with Crippen LogP contribution in [-0.4, -0.2) is 46.5 Å². The lowest BCUT2D eigenvalue weighted by molar-refractivity contribution is -0.227. The molecule has 1 saturated heterocycles. The number of carbonyl (C=O) groups excluding carboxylic acids is 1. The van der Waals surface area contributed by atoms with Crippen LogP contribution in [0.15, 0.2) is 30.3 Å². The number of ether oxygens (including phenoxy) is 3. The number of methoxy groups -OCH3 is 1. The Morgan fingerprint density at radius 3 is 2.40 bits per heavy atom. The molecule has 1 heterocycles. The summed E-state index contributed by atoms with van der Waals surface area (Å²) in [6, 6.07) is 9.01. The molecule has 3 atom stereocenters. The molecule has 1 fully saturated rings. The van der Waals surface area contributed by atoms with Gasteiger partial charge in [-0.15, -0.1) is 0 Å². The van der Waals surface area contributed by atoms with Gasteiger partial charge in [0.2, 0.25) is 0 Å². The zero-order valence-corrected chi connectivity index (χ0v) is 17.1. The van der Waals surface area contributed by atoms with Gasteiger partial charge in [-0.1, -0.05) is 39.0 Å². The quantitative estimate of drug-likeness (QED) is 0.582. The first kappa shape index (κ1) is 20.1. The third-order valence-electron chi connectivity index (χ3n) is 5.06. The maximum absolute atomic E-state index is 12.5. The van der Waals surface area contributed by atoms with Gasteiger partial charge in [-0.2, -0.15) is 0 Å². The third-order valence-corrected chi connectivity index (χ3v) is 9.53. The Morgan fingerprint density at radius 1 is 1.20 bits per heavy atom. The van der Waals surface area contributed by atoms with Gasteiger partial charge in [-0.3, -0.25) is 0 Å². The predicted octanol–water partition coefficient (Wildman–Crippen LogP) is 4.00. The minimum absolute atomic E-state index is 0.0384. The summed E-state index contributed by atoms with van der Waals surface area (Å²) in [6.45, 7) is 11.3. The van der Waals surface area contributed by atoms with Crippen LogP contribution in [0.1, 0.15) is 37.6 Å². The molecule has 0 spiro atoms. The van der Waals surface area contributed by atoms with Crippen molar-refractivity contribution in [1.82, 2.24) is 0 Å². The van der Waals surface area contributed by atoms with Crippen LogP contribution in [-0.2, 0) is 18.6 Å². The van der Waals surface area contributed by atoms with Crippen molar-refractivity contribution in [2.75, 3.05) is 13.7 Å². The summed E-state index contributed by atoms with van der Waals surface area (Å²) in [6.07, 6.45) is -0.748. The molecule has 2 rings (SSSR count). The van der Waals surface area contributed by atoms with Crippen LogP contribution in [0.5, 0.6) is 0 Å². The highest BCUT2D eigenvalue weighted by Gasteiger charge is 2.46. The van der Waals surface area contributed by atoms with E-state index in [1.807, 2.05) is 18.2 Å². The fourth-order valence-electron chi connectivity index (χ4n) is 2.49. The SMILES string of the molecule is CO[C@@H]1OCC[C@@H](OC(=O)c2ccccc2)[C@@H]1O[Si](C)(C)C(C)(C)C. The Hall–Kier alpha value is -1.21. The Labute approximate surface area is 151 Å². The van der Waals surface area contributed by atoms with Crippen molar-refractivity contribution in [3.63, 3.8) is 0 Å². The maximum Gasteiger partial charge on any atom is 0.338 e. The zero-order valence-electron chi connectivity index (χ0n) is 16.1. The number of esters is 1. The van der Waals surface area contributed by atoms with Crippen LogP contribution in [0.4, 0.5) is 0 Å². The van der Waals surface area contributed by atoms with Gasteiger partial charge in [0.25, 0.3) is 0 Å². The second-order valence-electron chi connectivity index (χ2n) is 7.92. The average Bonchev–Trinajstić information content (AvgIpc) is 2.56. The van der Waals surface area contributed by atoms with E-state index < -0.39 is 20.7 Å². The van der Waals surface area contributed by atoms with Gasteiger partial charge < -0.3 is 18.6 Å². The number of rotatable bonds is 5. The number of benzene rings is 1. The normalized spacial score (nSPS) is 24.8. The van der Waals surface area contributed by atoms with Gasteiger partial charge in [-0.25, -0.2) is 4.79 Å². The lowest BCUT2D eigenvalue weighted by Crippen LogP contribution is -2.55. The minimum Gasteiger partial charge on any atom is -0.456 e. The molecule has 0 amide bonds. The second kappa shape index (κ2) is 7.99. The molecule has 0 aromatic heterocycles. The molecule has 1 aromatic rings.